The average molecular weight is 237 g/mol. The Balaban J connectivity index is 2.79. The molecule has 4 nitrogen and oxygen atoms in total. The molecule has 0 saturated carbocycles. The van der Waals surface area contributed by atoms with Gasteiger partial charge in [-0.3, -0.25) is 9.69 Å². The number of carbonyl (C=O) groups is 1. The van der Waals surface area contributed by atoms with E-state index in [0.717, 1.165) is 32.4 Å². The summed E-state index contributed by atoms with van der Waals surface area (Å²) < 4.78 is 0. The minimum absolute atomic E-state index is 0.104. The fourth-order valence-electron chi connectivity index (χ4n) is 2.24. The monoisotopic (exact) mass is 237 g/mol. The summed E-state index contributed by atoms with van der Waals surface area (Å²) in [5, 5.41) is 8.88. The summed E-state index contributed by atoms with van der Waals surface area (Å²) in [6, 6.07) is 2.19. The van der Waals surface area contributed by atoms with E-state index in [4.69, 9.17) is 5.26 Å². The maximum atomic E-state index is 12.3. The van der Waals surface area contributed by atoms with E-state index in [1.807, 2.05) is 7.05 Å². The van der Waals surface area contributed by atoms with E-state index in [0.29, 0.717) is 6.42 Å². The first kappa shape index (κ1) is 14.0. The SMILES string of the molecule is CCCCN1CCC(C)N(C)C(=O)C1CC#N. The fraction of sp³-hybridized carbons (Fsp3) is 0.846. The van der Waals surface area contributed by atoms with Crippen LogP contribution in [0.15, 0.2) is 0 Å². The molecule has 0 N–H and O–H groups in total. The van der Waals surface area contributed by atoms with Crippen LogP contribution in [0.5, 0.6) is 0 Å². The number of carbonyl (C=O) groups excluding carboxylic acids is 1. The lowest BCUT2D eigenvalue weighted by Gasteiger charge is -2.28. The quantitative estimate of drug-likeness (QED) is 0.746. The van der Waals surface area contributed by atoms with Gasteiger partial charge in [-0.05, 0) is 26.3 Å². The van der Waals surface area contributed by atoms with Crippen molar-refractivity contribution in [3.63, 3.8) is 0 Å². The molecule has 1 rings (SSSR count). The van der Waals surface area contributed by atoms with Crippen LogP contribution in [-0.2, 0) is 4.79 Å². The van der Waals surface area contributed by atoms with E-state index in [-0.39, 0.29) is 18.0 Å². The zero-order valence-electron chi connectivity index (χ0n) is 11.1. The lowest BCUT2D eigenvalue weighted by molar-refractivity contribution is -0.135. The molecule has 0 aromatic carbocycles. The van der Waals surface area contributed by atoms with Crippen LogP contribution in [0.1, 0.15) is 39.5 Å². The summed E-state index contributed by atoms with van der Waals surface area (Å²) in [5.41, 5.74) is 0. The Bertz CT molecular complexity index is 298. The molecular formula is C13H23N3O. The Morgan fingerprint density at radius 3 is 2.82 bits per heavy atom. The van der Waals surface area contributed by atoms with Crippen molar-refractivity contribution in [2.24, 2.45) is 0 Å². The minimum atomic E-state index is -0.235. The Morgan fingerprint density at radius 1 is 1.53 bits per heavy atom. The molecule has 96 valence electrons. The van der Waals surface area contributed by atoms with E-state index in [9.17, 15) is 4.79 Å². The normalized spacial score (nSPS) is 26.7. The molecule has 2 unspecified atom stereocenters. The predicted octanol–water partition coefficient (Wildman–Crippen LogP) is 1.62. The zero-order chi connectivity index (χ0) is 12.8. The van der Waals surface area contributed by atoms with Crippen molar-refractivity contribution in [3.05, 3.63) is 0 Å². The third-order valence-corrected chi connectivity index (χ3v) is 3.65. The number of likely N-dealkylation sites (N-methyl/N-ethyl adjacent to an activating group) is 1. The van der Waals surface area contributed by atoms with Crippen LogP contribution < -0.4 is 0 Å². The lowest BCUT2D eigenvalue weighted by atomic mass is 10.1. The molecule has 17 heavy (non-hydrogen) atoms. The minimum Gasteiger partial charge on any atom is -0.342 e. The third-order valence-electron chi connectivity index (χ3n) is 3.65. The van der Waals surface area contributed by atoms with E-state index >= 15 is 0 Å². The highest BCUT2D eigenvalue weighted by Gasteiger charge is 2.33. The van der Waals surface area contributed by atoms with Gasteiger partial charge in [-0.2, -0.15) is 5.26 Å². The number of rotatable bonds is 4. The van der Waals surface area contributed by atoms with Crippen LogP contribution in [0.25, 0.3) is 0 Å². The van der Waals surface area contributed by atoms with Gasteiger partial charge < -0.3 is 4.90 Å². The molecule has 0 aliphatic carbocycles. The van der Waals surface area contributed by atoms with Gasteiger partial charge in [0.05, 0.1) is 12.5 Å². The van der Waals surface area contributed by atoms with Gasteiger partial charge in [-0.25, -0.2) is 0 Å². The van der Waals surface area contributed by atoms with Crippen LogP contribution in [-0.4, -0.2) is 47.9 Å². The van der Waals surface area contributed by atoms with Gasteiger partial charge in [0.15, 0.2) is 0 Å². The summed E-state index contributed by atoms with van der Waals surface area (Å²) in [5.74, 6) is 0.104. The molecule has 4 heteroatoms. The molecule has 0 aromatic rings. The number of hydrogen-bond acceptors (Lipinski definition) is 3. The van der Waals surface area contributed by atoms with E-state index in [1.165, 1.54) is 0 Å². The van der Waals surface area contributed by atoms with Crippen LogP contribution in [0.3, 0.4) is 0 Å². The highest BCUT2D eigenvalue weighted by molar-refractivity contribution is 5.82. The third kappa shape index (κ3) is 3.44. The Kier molecular flexibility index (Phi) is 5.43. The van der Waals surface area contributed by atoms with Crippen LogP contribution in [0.2, 0.25) is 0 Å². The number of nitriles is 1. The van der Waals surface area contributed by atoms with Crippen molar-refractivity contribution in [1.82, 2.24) is 9.80 Å². The zero-order valence-corrected chi connectivity index (χ0v) is 11.1. The molecule has 1 aliphatic rings. The molecule has 1 aliphatic heterocycles. The van der Waals surface area contributed by atoms with Crippen molar-refractivity contribution in [2.45, 2.75) is 51.6 Å². The molecule has 1 amide bonds. The Hall–Kier alpha value is -1.08. The van der Waals surface area contributed by atoms with Crippen LogP contribution in [0, 0.1) is 11.3 Å². The first-order valence-electron chi connectivity index (χ1n) is 6.49. The largest absolute Gasteiger partial charge is 0.342 e. The van der Waals surface area contributed by atoms with E-state index in [2.05, 4.69) is 24.8 Å². The Morgan fingerprint density at radius 2 is 2.24 bits per heavy atom. The maximum Gasteiger partial charge on any atom is 0.240 e. The summed E-state index contributed by atoms with van der Waals surface area (Å²) >= 11 is 0. The summed E-state index contributed by atoms with van der Waals surface area (Å²) in [4.78, 5) is 16.2. The molecule has 0 radical (unpaired) electrons. The lowest BCUT2D eigenvalue weighted by Crippen LogP contribution is -2.46. The second-order valence-corrected chi connectivity index (χ2v) is 4.85. The fourth-order valence-corrected chi connectivity index (χ4v) is 2.24. The summed E-state index contributed by atoms with van der Waals surface area (Å²) in [6.45, 7) is 6.07. The van der Waals surface area contributed by atoms with Gasteiger partial charge in [0, 0.05) is 19.6 Å². The number of amides is 1. The Labute approximate surface area is 104 Å². The average Bonchev–Trinajstić information content (AvgIpc) is 2.42. The van der Waals surface area contributed by atoms with Gasteiger partial charge in [-0.1, -0.05) is 13.3 Å². The smallest absolute Gasteiger partial charge is 0.240 e. The predicted molar refractivity (Wildman–Crippen MR) is 67.3 cm³/mol. The molecule has 0 aromatic heterocycles. The molecule has 0 spiro atoms. The molecule has 1 heterocycles. The van der Waals surface area contributed by atoms with Gasteiger partial charge in [0.1, 0.15) is 6.04 Å². The maximum absolute atomic E-state index is 12.3. The van der Waals surface area contributed by atoms with Crippen LogP contribution in [0.4, 0.5) is 0 Å². The molecule has 2 atom stereocenters. The highest BCUT2D eigenvalue weighted by atomic mass is 16.2. The van der Waals surface area contributed by atoms with Crippen LogP contribution >= 0.6 is 0 Å². The molecular weight excluding hydrogens is 214 g/mol. The van der Waals surface area contributed by atoms with Crippen molar-refractivity contribution in [2.75, 3.05) is 20.1 Å². The second kappa shape index (κ2) is 6.61. The van der Waals surface area contributed by atoms with Gasteiger partial charge in [0.25, 0.3) is 0 Å². The molecule has 1 saturated heterocycles. The van der Waals surface area contributed by atoms with Crippen molar-refractivity contribution in [3.8, 4) is 6.07 Å². The van der Waals surface area contributed by atoms with Gasteiger partial charge >= 0.3 is 0 Å². The number of hydrogen-bond donors (Lipinski definition) is 0. The van der Waals surface area contributed by atoms with Crippen molar-refractivity contribution >= 4 is 5.91 Å². The summed E-state index contributed by atoms with van der Waals surface area (Å²) in [7, 11) is 1.85. The first-order valence-corrected chi connectivity index (χ1v) is 6.49. The number of unbranched alkanes of at least 4 members (excludes halogenated alkanes) is 1. The second-order valence-electron chi connectivity index (χ2n) is 4.85. The molecule has 0 bridgehead atoms. The van der Waals surface area contributed by atoms with Gasteiger partial charge in [0.2, 0.25) is 5.91 Å². The topological polar surface area (TPSA) is 47.3 Å². The number of nitrogens with zero attached hydrogens (tertiary/aromatic N) is 3. The van der Waals surface area contributed by atoms with E-state index < -0.39 is 0 Å². The van der Waals surface area contributed by atoms with Crippen molar-refractivity contribution < 1.29 is 4.79 Å². The van der Waals surface area contributed by atoms with E-state index in [1.54, 1.807) is 4.90 Å². The van der Waals surface area contributed by atoms with Crippen molar-refractivity contribution in [1.29, 1.82) is 5.26 Å². The highest BCUT2D eigenvalue weighted by Crippen LogP contribution is 2.18. The molecule has 1 fully saturated rings. The van der Waals surface area contributed by atoms with Gasteiger partial charge in [-0.15, -0.1) is 0 Å². The first-order chi connectivity index (χ1) is 8.11. The summed E-state index contributed by atoms with van der Waals surface area (Å²) in [6.07, 6.45) is 3.51. The standard InChI is InChI=1S/C13H23N3O/c1-4-5-9-16-10-7-11(2)15(3)13(17)12(16)6-8-14/h11-12H,4-7,9-10H2,1-3H3.